The lowest BCUT2D eigenvalue weighted by Gasteiger charge is -2.21. The summed E-state index contributed by atoms with van der Waals surface area (Å²) >= 11 is 0. The lowest BCUT2D eigenvalue weighted by Crippen LogP contribution is -2.39. The number of esters is 1. The number of sulfonamides is 1. The van der Waals surface area contributed by atoms with E-state index in [1.807, 2.05) is 6.07 Å². The van der Waals surface area contributed by atoms with E-state index >= 15 is 0 Å². The van der Waals surface area contributed by atoms with Gasteiger partial charge in [-0.15, -0.1) is 0 Å². The monoisotopic (exact) mass is 395 g/mol. The van der Waals surface area contributed by atoms with Gasteiger partial charge in [-0.3, -0.25) is 9.59 Å². The number of aryl methyl sites for hydroxylation is 2. The number of nitrogens with one attached hydrogen (secondary N) is 1. The van der Waals surface area contributed by atoms with Gasteiger partial charge in [0.05, 0.1) is 0 Å². The molecule has 1 atom stereocenters. The Morgan fingerprint density at radius 3 is 2.44 bits per heavy atom. The van der Waals surface area contributed by atoms with E-state index in [-0.39, 0.29) is 16.3 Å². The van der Waals surface area contributed by atoms with Crippen LogP contribution in [-0.4, -0.2) is 45.1 Å². The number of rotatable bonds is 7. The Balaban J connectivity index is 1.94. The van der Waals surface area contributed by atoms with Crippen LogP contribution in [0.15, 0.2) is 39.8 Å². The van der Waals surface area contributed by atoms with Gasteiger partial charge in [-0.2, -0.15) is 4.72 Å². The molecule has 0 bridgehead atoms. The Bertz CT molecular complexity index is 904. The highest BCUT2D eigenvalue weighted by molar-refractivity contribution is 7.89. The van der Waals surface area contributed by atoms with Crippen LogP contribution in [0.5, 0.6) is 0 Å². The number of carbonyl (C=O) groups is 2. The molecule has 1 amide bonds. The van der Waals surface area contributed by atoms with Crippen molar-refractivity contribution in [1.82, 2.24) is 9.88 Å². The fourth-order valence-electron chi connectivity index (χ4n) is 2.43. The lowest BCUT2D eigenvalue weighted by molar-refractivity contribution is -0.152. The first kappa shape index (κ1) is 20.6. The highest BCUT2D eigenvalue weighted by atomic mass is 32.2. The molecular formula is C17H21N3O6S. The number of anilines is 1. The summed E-state index contributed by atoms with van der Waals surface area (Å²) in [5.41, 5.74) is 0.825. The molecule has 2 aromatic rings. The molecule has 0 spiro atoms. The van der Waals surface area contributed by atoms with Gasteiger partial charge in [-0.25, -0.2) is 8.42 Å². The first-order valence-corrected chi connectivity index (χ1v) is 9.56. The topological polar surface area (TPSA) is 119 Å². The Hall–Kier alpha value is -2.72. The third kappa shape index (κ3) is 4.92. The number of likely N-dealkylation sites (N-methyl/N-ethyl adjacent to an activating group) is 1. The lowest BCUT2D eigenvalue weighted by atomic mass is 10.2. The molecule has 0 saturated carbocycles. The minimum absolute atomic E-state index is 0.112. The van der Waals surface area contributed by atoms with Gasteiger partial charge in [-0.05, 0) is 32.9 Å². The van der Waals surface area contributed by atoms with Crippen molar-refractivity contribution in [2.45, 2.75) is 31.8 Å². The maximum absolute atomic E-state index is 12.3. The summed E-state index contributed by atoms with van der Waals surface area (Å²) in [6.45, 7) is 3.72. The zero-order chi connectivity index (χ0) is 20.2. The summed E-state index contributed by atoms with van der Waals surface area (Å²) in [6, 6.07) is 8.85. The van der Waals surface area contributed by atoms with E-state index in [0.717, 1.165) is 0 Å². The van der Waals surface area contributed by atoms with Gasteiger partial charge in [0.1, 0.15) is 17.1 Å². The third-order valence-electron chi connectivity index (χ3n) is 3.77. The Morgan fingerprint density at radius 2 is 1.89 bits per heavy atom. The SMILES string of the molecule is Cc1noc(C)c1S(=O)(=O)NCC(=O)O[C@H](C)C(=O)N(C)c1ccccc1. The molecule has 27 heavy (non-hydrogen) atoms. The van der Waals surface area contributed by atoms with Gasteiger partial charge >= 0.3 is 5.97 Å². The average Bonchev–Trinajstić information content (AvgIpc) is 2.98. The summed E-state index contributed by atoms with van der Waals surface area (Å²) in [7, 11) is -2.43. The van der Waals surface area contributed by atoms with Gasteiger partial charge in [0.2, 0.25) is 10.0 Å². The van der Waals surface area contributed by atoms with Crippen molar-refractivity contribution in [3.8, 4) is 0 Å². The Kier molecular flexibility index (Phi) is 6.34. The number of amides is 1. The number of hydrogen-bond donors (Lipinski definition) is 1. The fourth-order valence-corrected chi connectivity index (χ4v) is 3.72. The van der Waals surface area contributed by atoms with Crippen LogP contribution in [0.3, 0.4) is 0 Å². The van der Waals surface area contributed by atoms with Gasteiger partial charge in [-0.1, -0.05) is 23.4 Å². The highest BCUT2D eigenvalue weighted by Crippen LogP contribution is 2.18. The number of para-hydroxylation sites is 1. The van der Waals surface area contributed by atoms with Crippen molar-refractivity contribution in [1.29, 1.82) is 0 Å². The minimum Gasteiger partial charge on any atom is -0.452 e. The average molecular weight is 395 g/mol. The second kappa shape index (κ2) is 8.31. The largest absolute Gasteiger partial charge is 0.452 e. The number of ether oxygens (including phenoxy) is 1. The number of hydrogen-bond acceptors (Lipinski definition) is 7. The molecule has 146 valence electrons. The molecule has 0 aliphatic carbocycles. The number of nitrogens with zero attached hydrogens (tertiary/aromatic N) is 2. The standard InChI is InChI=1S/C17H21N3O6S/c1-11-16(12(2)26-19-11)27(23,24)18-10-15(21)25-13(3)17(22)20(4)14-8-6-5-7-9-14/h5-9,13,18H,10H2,1-4H3/t13-/m1/s1. The van der Waals surface area contributed by atoms with Gasteiger partial charge in [0.25, 0.3) is 5.91 Å². The smallest absolute Gasteiger partial charge is 0.321 e. The third-order valence-corrected chi connectivity index (χ3v) is 5.42. The zero-order valence-electron chi connectivity index (χ0n) is 15.4. The summed E-state index contributed by atoms with van der Waals surface area (Å²) in [6.07, 6.45) is -1.08. The van der Waals surface area contributed by atoms with Crippen LogP contribution in [0.1, 0.15) is 18.4 Å². The minimum atomic E-state index is -3.99. The molecule has 10 heteroatoms. The van der Waals surface area contributed by atoms with Gasteiger partial charge < -0.3 is 14.2 Å². The summed E-state index contributed by atoms with van der Waals surface area (Å²) in [5.74, 6) is -1.21. The van der Waals surface area contributed by atoms with Crippen LogP contribution >= 0.6 is 0 Å². The molecule has 0 unspecified atom stereocenters. The maximum atomic E-state index is 12.3. The maximum Gasteiger partial charge on any atom is 0.321 e. The summed E-state index contributed by atoms with van der Waals surface area (Å²) in [5, 5.41) is 3.57. The fraction of sp³-hybridized carbons (Fsp3) is 0.353. The van der Waals surface area contributed by atoms with Crippen LogP contribution in [0, 0.1) is 13.8 Å². The number of benzene rings is 1. The quantitative estimate of drug-likeness (QED) is 0.699. The first-order valence-electron chi connectivity index (χ1n) is 8.08. The van der Waals surface area contributed by atoms with Gasteiger partial charge in [0, 0.05) is 12.7 Å². The Morgan fingerprint density at radius 1 is 1.26 bits per heavy atom. The normalized spacial score (nSPS) is 12.4. The van der Waals surface area contributed by atoms with Gasteiger partial charge in [0.15, 0.2) is 11.9 Å². The predicted octanol–water partition coefficient (Wildman–Crippen LogP) is 1.16. The van der Waals surface area contributed by atoms with E-state index in [0.29, 0.717) is 5.69 Å². The molecule has 0 radical (unpaired) electrons. The zero-order valence-corrected chi connectivity index (χ0v) is 16.2. The van der Waals surface area contributed by atoms with Crippen LogP contribution < -0.4 is 9.62 Å². The predicted molar refractivity (Wildman–Crippen MR) is 96.6 cm³/mol. The second-order valence-electron chi connectivity index (χ2n) is 5.84. The molecule has 1 N–H and O–H groups in total. The molecule has 2 rings (SSSR count). The van der Waals surface area contributed by atoms with Crippen molar-refractivity contribution in [3.05, 3.63) is 41.8 Å². The molecule has 1 heterocycles. The molecule has 9 nitrogen and oxygen atoms in total. The van der Waals surface area contributed by atoms with Crippen LogP contribution in [0.4, 0.5) is 5.69 Å². The molecule has 0 aliphatic rings. The van der Waals surface area contributed by atoms with E-state index < -0.39 is 34.5 Å². The molecule has 0 fully saturated rings. The van der Waals surface area contributed by atoms with Crippen molar-refractivity contribution >= 4 is 27.6 Å². The van der Waals surface area contributed by atoms with Crippen LogP contribution in [0.2, 0.25) is 0 Å². The number of carbonyl (C=O) groups excluding carboxylic acids is 2. The molecule has 0 aliphatic heterocycles. The van der Waals surface area contributed by atoms with E-state index in [2.05, 4.69) is 9.88 Å². The van der Waals surface area contributed by atoms with E-state index in [9.17, 15) is 18.0 Å². The molecule has 1 aromatic carbocycles. The van der Waals surface area contributed by atoms with Crippen LogP contribution in [-0.2, 0) is 24.3 Å². The Labute approximate surface area is 157 Å². The van der Waals surface area contributed by atoms with E-state index in [4.69, 9.17) is 9.26 Å². The summed E-state index contributed by atoms with van der Waals surface area (Å²) < 4.78 is 36.5. The second-order valence-corrected chi connectivity index (χ2v) is 7.55. The number of aromatic nitrogens is 1. The van der Waals surface area contributed by atoms with E-state index in [1.165, 1.54) is 25.7 Å². The van der Waals surface area contributed by atoms with Crippen molar-refractivity contribution in [2.24, 2.45) is 0 Å². The van der Waals surface area contributed by atoms with E-state index in [1.54, 1.807) is 31.3 Å². The van der Waals surface area contributed by atoms with Crippen molar-refractivity contribution in [2.75, 3.05) is 18.5 Å². The highest BCUT2D eigenvalue weighted by Gasteiger charge is 2.26. The molecule has 1 aromatic heterocycles. The first-order chi connectivity index (χ1) is 12.6. The summed E-state index contributed by atoms with van der Waals surface area (Å²) in [4.78, 5) is 25.5. The van der Waals surface area contributed by atoms with Crippen LogP contribution in [0.25, 0.3) is 0 Å². The molecule has 0 saturated heterocycles. The van der Waals surface area contributed by atoms with Crippen molar-refractivity contribution < 1.29 is 27.3 Å². The molecular weight excluding hydrogens is 374 g/mol. The van der Waals surface area contributed by atoms with Crippen molar-refractivity contribution in [3.63, 3.8) is 0 Å².